The van der Waals surface area contributed by atoms with Gasteiger partial charge in [-0.3, -0.25) is 0 Å². The van der Waals surface area contributed by atoms with Crippen molar-refractivity contribution >= 4 is 5.97 Å². The van der Waals surface area contributed by atoms with Crippen molar-refractivity contribution in [3.05, 3.63) is 0 Å². The molecular weight excluding hydrogens is 164 g/mol. The number of ether oxygens (including phenoxy) is 2. The molecule has 1 unspecified atom stereocenters. The van der Waals surface area contributed by atoms with Gasteiger partial charge in [0, 0.05) is 0 Å². The summed E-state index contributed by atoms with van der Waals surface area (Å²) in [7, 11) is 0. The third kappa shape index (κ3) is 1.94. The Morgan fingerprint density at radius 2 is 2.25 bits per heavy atom. The smallest absolute Gasteiger partial charge is 0.335 e. The number of hydrogen-bond donors (Lipinski definition) is 2. The van der Waals surface area contributed by atoms with Gasteiger partial charge in [-0.2, -0.15) is 0 Å². The van der Waals surface area contributed by atoms with Crippen LogP contribution in [0.3, 0.4) is 0 Å². The van der Waals surface area contributed by atoms with Crippen LogP contribution in [0.1, 0.15) is 13.8 Å². The van der Waals surface area contributed by atoms with Gasteiger partial charge >= 0.3 is 5.97 Å². The Kier molecular flexibility index (Phi) is 2.36. The van der Waals surface area contributed by atoms with E-state index in [1.165, 1.54) is 0 Å². The second-order valence-electron chi connectivity index (χ2n) is 3.15. The third-order valence-electron chi connectivity index (χ3n) is 1.64. The molecule has 12 heavy (non-hydrogen) atoms. The molecule has 0 bridgehead atoms. The van der Waals surface area contributed by atoms with E-state index in [0.717, 1.165) is 0 Å². The largest absolute Gasteiger partial charge is 0.479 e. The molecule has 2 N–H and O–H groups in total. The van der Waals surface area contributed by atoms with E-state index in [9.17, 15) is 4.79 Å². The summed E-state index contributed by atoms with van der Waals surface area (Å²) in [5.41, 5.74) is 0. The fraction of sp³-hybridized carbons (Fsp3) is 0.857. The molecule has 0 aromatic heterocycles. The minimum absolute atomic E-state index is 0.112. The minimum Gasteiger partial charge on any atom is -0.479 e. The highest BCUT2D eigenvalue weighted by Gasteiger charge is 2.39. The van der Waals surface area contributed by atoms with Crippen molar-refractivity contribution < 1.29 is 24.5 Å². The van der Waals surface area contributed by atoms with Crippen molar-refractivity contribution in [2.45, 2.75) is 31.8 Å². The summed E-state index contributed by atoms with van der Waals surface area (Å²) in [5.74, 6) is -2.08. The zero-order chi connectivity index (χ0) is 9.35. The van der Waals surface area contributed by atoms with E-state index in [1.54, 1.807) is 13.8 Å². The maximum absolute atomic E-state index is 10.3. The van der Waals surface area contributed by atoms with Gasteiger partial charge in [-0.25, -0.2) is 4.79 Å². The van der Waals surface area contributed by atoms with Gasteiger partial charge in [0.15, 0.2) is 11.9 Å². The van der Waals surface area contributed by atoms with E-state index >= 15 is 0 Å². The molecule has 1 fully saturated rings. The van der Waals surface area contributed by atoms with E-state index in [1.807, 2.05) is 0 Å². The van der Waals surface area contributed by atoms with E-state index in [0.29, 0.717) is 0 Å². The van der Waals surface area contributed by atoms with Gasteiger partial charge in [0.1, 0.15) is 6.10 Å². The lowest BCUT2D eigenvalue weighted by Crippen LogP contribution is -2.36. The van der Waals surface area contributed by atoms with Crippen LogP contribution in [0.25, 0.3) is 0 Å². The van der Waals surface area contributed by atoms with Crippen LogP contribution in [-0.4, -0.2) is 40.8 Å². The van der Waals surface area contributed by atoms with Crippen molar-refractivity contribution in [3.8, 4) is 0 Å². The molecule has 0 amide bonds. The van der Waals surface area contributed by atoms with E-state index < -0.39 is 24.0 Å². The normalized spacial score (nSPS) is 30.1. The molecule has 70 valence electrons. The van der Waals surface area contributed by atoms with Crippen LogP contribution in [0.4, 0.5) is 0 Å². The number of aliphatic carboxylic acids is 1. The Bertz CT molecular complexity index is 188. The van der Waals surface area contributed by atoms with Crippen LogP contribution >= 0.6 is 0 Å². The Morgan fingerprint density at radius 1 is 1.67 bits per heavy atom. The number of carboxylic acid groups (broad SMARTS) is 1. The topological polar surface area (TPSA) is 76.0 Å². The fourth-order valence-corrected chi connectivity index (χ4v) is 1.03. The molecule has 0 radical (unpaired) electrons. The van der Waals surface area contributed by atoms with Crippen molar-refractivity contribution in [2.24, 2.45) is 0 Å². The van der Waals surface area contributed by atoms with Crippen molar-refractivity contribution in [2.75, 3.05) is 6.61 Å². The molecule has 2 atom stereocenters. The first-order valence-electron chi connectivity index (χ1n) is 3.65. The van der Waals surface area contributed by atoms with Gasteiger partial charge in [-0.05, 0) is 13.8 Å². The van der Waals surface area contributed by atoms with Gasteiger partial charge in [-0.15, -0.1) is 0 Å². The van der Waals surface area contributed by atoms with Gasteiger partial charge in [0.25, 0.3) is 0 Å². The van der Waals surface area contributed by atoms with Crippen LogP contribution in [0, 0.1) is 0 Å². The summed E-state index contributed by atoms with van der Waals surface area (Å²) in [4.78, 5) is 10.3. The minimum atomic E-state index is -1.51. The third-order valence-corrected chi connectivity index (χ3v) is 1.64. The standard InChI is InChI=1S/C7H12O5/c1-7(2)11-3-4(12-7)5(8)6(9)10/h4-5,8H,3H2,1-2H3,(H,9,10)/t4?,5-/m0/s1. The fourth-order valence-electron chi connectivity index (χ4n) is 1.03. The van der Waals surface area contributed by atoms with Crippen LogP contribution in [0.15, 0.2) is 0 Å². The molecule has 5 heteroatoms. The maximum Gasteiger partial charge on any atom is 0.335 e. The highest BCUT2D eigenvalue weighted by Crippen LogP contribution is 2.24. The van der Waals surface area contributed by atoms with Crippen molar-refractivity contribution in [3.63, 3.8) is 0 Å². The molecule has 0 aromatic rings. The number of aliphatic hydroxyl groups excluding tert-OH is 1. The summed E-state index contributed by atoms with van der Waals surface area (Å²) in [6.07, 6.45) is -2.27. The number of rotatable bonds is 2. The van der Waals surface area contributed by atoms with Crippen molar-refractivity contribution in [1.82, 2.24) is 0 Å². The summed E-state index contributed by atoms with van der Waals surface area (Å²) >= 11 is 0. The second kappa shape index (κ2) is 3.01. The Balaban J connectivity index is 2.52. The first-order chi connectivity index (χ1) is 5.42. The number of carboxylic acids is 1. The highest BCUT2D eigenvalue weighted by atomic mass is 16.7. The summed E-state index contributed by atoms with van der Waals surface area (Å²) < 4.78 is 10.2. The molecule has 1 aliphatic heterocycles. The first-order valence-corrected chi connectivity index (χ1v) is 3.65. The Morgan fingerprint density at radius 3 is 2.58 bits per heavy atom. The lowest BCUT2D eigenvalue weighted by atomic mass is 10.2. The van der Waals surface area contributed by atoms with Crippen LogP contribution in [-0.2, 0) is 14.3 Å². The molecule has 1 rings (SSSR count). The summed E-state index contributed by atoms with van der Waals surface area (Å²) in [5, 5.41) is 17.5. The van der Waals surface area contributed by atoms with Crippen molar-refractivity contribution in [1.29, 1.82) is 0 Å². The second-order valence-corrected chi connectivity index (χ2v) is 3.15. The van der Waals surface area contributed by atoms with Gasteiger partial charge < -0.3 is 19.7 Å². The summed E-state index contributed by atoms with van der Waals surface area (Å²) in [6.45, 7) is 3.45. The molecule has 0 saturated carbocycles. The summed E-state index contributed by atoms with van der Waals surface area (Å²) in [6, 6.07) is 0. The molecule has 1 heterocycles. The van der Waals surface area contributed by atoms with E-state index in [2.05, 4.69) is 0 Å². The molecule has 1 aliphatic rings. The molecule has 1 saturated heterocycles. The Hall–Kier alpha value is -0.650. The predicted octanol–water partition coefficient (Wildman–Crippen LogP) is -0.417. The number of aliphatic hydroxyl groups is 1. The lowest BCUT2D eigenvalue weighted by Gasteiger charge is -2.18. The first kappa shape index (κ1) is 9.44. The van der Waals surface area contributed by atoms with E-state index in [-0.39, 0.29) is 6.61 Å². The molecule has 0 aromatic carbocycles. The average molecular weight is 176 g/mol. The monoisotopic (exact) mass is 176 g/mol. The van der Waals surface area contributed by atoms with Gasteiger partial charge in [0.05, 0.1) is 6.61 Å². The highest BCUT2D eigenvalue weighted by molar-refractivity contribution is 5.72. The average Bonchev–Trinajstić information content (AvgIpc) is 2.28. The molecule has 0 spiro atoms. The Labute approximate surface area is 69.9 Å². The maximum atomic E-state index is 10.3. The quantitative estimate of drug-likeness (QED) is 0.597. The number of carbonyl (C=O) groups is 1. The molecule has 0 aliphatic carbocycles. The van der Waals surface area contributed by atoms with E-state index in [4.69, 9.17) is 19.7 Å². The SMILES string of the molecule is CC1(C)OCC([C@H](O)C(=O)O)O1. The lowest BCUT2D eigenvalue weighted by molar-refractivity contribution is -0.168. The zero-order valence-corrected chi connectivity index (χ0v) is 6.98. The molecule has 5 nitrogen and oxygen atoms in total. The predicted molar refractivity (Wildman–Crippen MR) is 38.5 cm³/mol. The van der Waals surface area contributed by atoms with Gasteiger partial charge in [0.2, 0.25) is 0 Å². The van der Waals surface area contributed by atoms with Crippen LogP contribution in [0.2, 0.25) is 0 Å². The number of hydrogen-bond acceptors (Lipinski definition) is 4. The van der Waals surface area contributed by atoms with Crippen LogP contribution < -0.4 is 0 Å². The van der Waals surface area contributed by atoms with Gasteiger partial charge in [-0.1, -0.05) is 0 Å². The van der Waals surface area contributed by atoms with Crippen LogP contribution in [0.5, 0.6) is 0 Å². The molecular formula is C7H12O5. The zero-order valence-electron chi connectivity index (χ0n) is 6.98.